The van der Waals surface area contributed by atoms with E-state index >= 15 is 0 Å². The van der Waals surface area contributed by atoms with E-state index in [-0.39, 0.29) is 18.3 Å². The largest absolute Gasteiger partial charge is 0.376 e. The Kier molecular flexibility index (Phi) is 3.71. The van der Waals surface area contributed by atoms with Crippen molar-refractivity contribution in [2.45, 2.75) is 18.9 Å². The summed E-state index contributed by atoms with van der Waals surface area (Å²) in [5, 5.41) is 13.3. The Morgan fingerprint density at radius 3 is 2.89 bits per heavy atom. The number of hydrogen-bond donors (Lipinski definition) is 1. The van der Waals surface area contributed by atoms with Gasteiger partial charge in [-0.15, -0.1) is 0 Å². The average molecular weight is 258 g/mol. The molecule has 0 spiro atoms. The first-order valence-corrected chi connectivity index (χ1v) is 5.57. The highest BCUT2D eigenvalue weighted by Gasteiger charge is 2.22. The molecule has 98 valence electrons. The fourth-order valence-corrected chi connectivity index (χ4v) is 1.90. The fraction of sp³-hybridized carbons (Fsp3) is 0.455. The van der Waals surface area contributed by atoms with Crippen molar-refractivity contribution < 1.29 is 18.4 Å². The van der Waals surface area contributed by atoms with Gasteiger partial charge in [0.25, 0.3) is 5.69 Å². The third-order valence-corrected chi connectivity index (χ3v) is 2.76. The van der Waals surface area contributed by atoms with Crippen molar-refractivity contribution in [1.29, 1.82) is 0 Å². The minimum Gasteiger partial charge on any atom is -0.376 e. The lowest BCUT2D eigenvalue weighted by atomic mass is 10.2. The molecule has 0 aliphatic carbocycles. The first-order chi connectivity index (χ1) is 8.58. The summed E-state index contributed by atoms with van der Waals surface area (Å²) in [5.41, 5.74) is -0.901. The number of nitrogens with zero attached hydrogens (tertiary/aromatic N) is 1. The van der Waals surface area contributed by atoms with Gasteiger partial charge in [0.05, 0.1) is 17.1 Å². The van der Waals surface area contributed by atoms with Crippen molar-refractivity contribution in [3.05, 3.63) is 33.9 Å². The smallest absolute Gasteiger partial charge is 0.298 e. The van der Waals surface area contributed by atoms with Gasteiger partial charge >= 0.3 is 0 Å². The second-order valence-electron chi connectivity index (χ2n) is 4.05. The number of nitro groups is 1. The summed E-state index contributed by atoms with van der Waals surface area (Å²) in [6.45, 7) is 0.906. The van der Waals surface area contributed by atoms with E-state index in [1.165, 1.54) is 0 Å². The van der Waals surface area contributed by atoms with E-state index in [9.17, 15) is 18.9 Å². The molecule has 1 heterocycles. The van der Waals surface area contributed by atoms with Crippen LogP contribution in [0.15, 0.2) is 12.1 Å². The van der Waals surface area contributed by atoms with E-state index in [1.54, 1.807) is 0 Å². The van der Waals surface area contributed by atoms with Gasteiger partial charge in [-0.05, 0) is 12.8 Å². The summed E-state index contributed by atoms with van der Waals surface area (Å²) in [4.78, 5) is 9.91. The van der Waals surface area contributed by atoms with Gasteiger partial charge in [0.15, 0.2) is 5.82 Å². The monoisotopic (exact) mass is 258 g/mol. The van der Waals surface area contributed by atoms with E-state index in [2.05, 4.69) is 5.32 Å². The molecule has 0 amide bonds. The molecule has 1 fully saturated rings. The molecule has 0 bridgehead atoms. The van der Waals surface area contributed by atoms with Crippen molar-refractivity contribution in [3.63, 3.8) is 0 Å². The highest BCUT2D eigenvalue weighted by Crippen LogP contribution is 2.29. The number of hydrogen-bond acceptors (Lipinski definition) is 4. The van der Waals surface area contributed by atoms with Gasteiger partial charge in [-0.3, -0.25) is 10.1 Å². The summed E-state index contributed by atoms with van der Waals surface area (Å²) < 4.78 is 31.7. The number of nitrogens with one attached hydrogen (secondary N) is 1. The summed E-state index contributed by atoms with van der Waals surface area (Å²) in [7, 11) is 0. The Bertz CT molecular complexity index is 462. The normalized spacial score (nSPS) is 18.9. The first-order valence-electron chi connectivity index (χ1n) is 5.57. The number of ether oxygens (including phenoxy) is 1. The molecule has 0 radical (unpaired) electrons. The molecular weight excluding hydrogens is 246 g/mol. The van der Waals surface area contributed by atoms with Crippen LogP contribution in [0.5, 0.6) is 0 Å². The molecule has 0 saturated carbocycles. The quantitative estimate of drug-likeness (QED) is 0.665. The minimum atomic E-state index is -0.973. The Morgan fingerprint density at radius 1 is 1.50 bits per heavy atom. The number of benzene rings is 1. The van der Waals surface area contributed by atoms with Gasteiger partial charge in [0.2, 0.25) is 0 Å². The lowest BCUT2D eigenvalue weighted by Gasteiger charge is -2.12. The van der Waals surface area contributed by atoms with Crippen molar-refractivity contribution in [2.24, 2.45) is 0 Å². The SMILES string of the molecule is O=[N+]([O-])c1cc(F)cc(F)c1NCC1CCCO1. The van der Waals surface area contributed by atoms with Crippen LogP contribution < -0.4 is 5.32 Å². The number of anilines is 1. The summed E-state index contributed by atoms with van der Waals surface area (Å²) in [6.07, 6.45) is 1.65. The lowest BCUT2D eigenvalue weighted by Crippen LogP contribution is -2.19. The van der Waals surface area contributed by atoms with Gasteiger partial charge in [-0.2, -0.15) is 0 Å². The van der Waals surface area contributed by atoms with E-state index in [0.717, 1.165) is 12.8 Å². The highest BCUT2D eigenvalue weighted by molar-refractivity contribution is 5.62. The molecular formula is C11H12F2N2O3. The molecule has 1 aliphatic rings. The van der Waals surface area contributed by atoms with E-state index in [4.69, 9.17) is 4.74 Å². The summed E-state index contributed by atoms with van der Waals surface area (Å²) in [6, 6.07) is 1.31. The molecule has 2 rings (SSSR count). The van der Waals surface area contributed by atoms with Crippen LogP contribution >= 0.6 is 0 Å². The Hall–Kier alpha value is -1.76. The molecule has 1 N–H and O–H groups in total. The summed E-state index contributed by atoms with van der Waals surface area (Å²) >= 11 is 0. The van der Waals surface area contributed by atoms with Crippen LogP contribution in [0, 0.1) is 21.7 Å². The number of nitro benzene ring substituents is 1. The zero-order chi connectivity index (χ0) is 13.1. The molecule has 5 nitrogen and oxygen atoms in total. The lowest BCUT2D eigenvalue weighted by molar-refractivity contribution is -0.384. The molecule has 7 heteroatoms. The van der Waals surface area contributed by atoms with Crippen molar-refractivity contribution in [3.8, 4) is 0 Å². The maximum Gasteiger partial charge on any atom is 0.298 e. The number of halogens is 2. The van der Waals surface area contributed by atoms with E-state index in [0.29, 0.717) is 18.7 Å². The molecule has 1 aromatic carbocycles. The molecule has 1 unspecified atom stereocenters. The third-order valence-electron chi connectivity index (χ3n) is 2.76. The molecule has 1 atom stereocenters. The standard InChI is InChI=1S/C11H12F2N2O3/c12-7-4-9(13)11(10(5-7)15(16)17)14-6-8-2-1-3-18-8/h4-5,8,14H,1-3,6H2. The van der Waals surface area contributed by atoms with Crippen LogP contribution in [-0.4, -0.2) is 24.2 Å². The Labute approximate surface area is 102 Å². The molecule has 1 aliphatic heterocycles. The third kappa shape index (κ3) is 2.73. The maximum absolute atomic E-state index is 13.5. The second kappa shape index (κ2) is 5.26. The Balaban J connectivity index is 2.17. The Morgan fingerprint density at radius 2 is 2.28 bits per heavy atom. The maximum atomic E-state index is 13.5. The fourth-order valence-electron chi connectivity index (χ4n) is 1.90. The second-order valence-corrected chi connectivity index (χ2v) is 4.05. The first kappa shape index (κ1) is 12.7. The van der Waals surface area contributed by atoms with Gasteiger partial charge in [-0.1, -0.05) is 0 Å². The van der Waals surface area contributed by atoms with E-state index < -0.39 is 22.2 Å². The number of rotatable bonds is 4. The molecule has 18 heavy (non-hydrogen) atoms. The topological polar surface area (TPSA) is 64.4 Å². The van der Waals surface area contributed by atoms with Crippen molar-refractivity contribution in [1.82, 2.24) is 0 Å². The van der Waals surface area contributed by atoms with Gasteiger partial charge in [-0.25, -0.2) is 8.78 Å². The van der Waals surface area contributed by atoms with Gasteiger partial charge < -0.3 is 10.1 Å². The summed E-state index contributed by atoms with van der Waals surface area (Å²) in [5.74, 6) is -1.94. The zero-order valence-electron chi connectivity index (χ0n) is 9.49. The molecule has 1 aromatic rings. The minimum absolute atomic E-state index is 0.0888. The molecule has 0 aromatic heterocycles. The van der Waals surface area contributed by atoms with Gasteiger partial charge in [0, 0.05) is 19.2 Å². The van der Waals surface area contributed by atoms with Crippen LogP contribution in [0.3, 0.4) is 0 Å². The predicted molar refractivity (Wildman–Crippen MR) is 60.5 cm³/mol. The van der Waals surface area contributed by atoms with Crippen molar-refractivity contribution >= 4 is 11.4 Å². The zero-order valence-corrected chi connectivity index (χ0v) is 9.49. The van der Waals surface area contributed by atoms with Crippen LogP contribution in [0.25, 0.3) is 0 Å². The van der Waals surface area contributed by atoms with E-state index in [1.807, 2.05) is 0 Å². The van der Waals surface area contributed by atoms with Crippen LogP contribution in [0.2, 0.25) is 0 Å². The van der Waals surface area contributed by atoms with Crippen LogP contribution in [-0.2, 0) is 4.74 Å². The predicted octanol–water partition coefficient (Wildman–Crippen LogP) is 2.46. The molecule has 1 saturated heterocycles. The van der Waals surface area contributed by atoms with Gasteiger partial charge in [0.1, 0.15) is 11.5 Å². The van der Waals surface area contributed by atoms with Crippen LogP contribution in [0.1, 0.15) is 12.8 Å². The van der Waals surface area contributed by atoms with Crippen LogP contribution in [0.4, 0.5) is 20.2 Å². The highest BCUT2D eigenvalue weighted by atomic mass is 19.1. The van der Waals surface area contributed by atoms with Crippen molar-refractivity contribution in [2.75, 3.05) is 18.5 Å². The average Bonchev–Trinajstić information content (AvgIpc) is 2.79.